The van der Waals surface area contributed by atoms with Crippen LogP contribution in [-0.2, 0) is 6.54 Å². The second-order valence-corrected chi connectivity index (χ2v) is 6.11. The summed E-state index contributed by atoms with van der Waals surface area (Å²) in [5, 5.41) is 23.0. The summed E-state index contributed by atoms with van der Waals surface area (Å²) in [5.74, 6) is 2.06. The van der Waals surface area contributed by atoms with Gasteiger partial charge in [0, 0.05) is 24.7 Å². The molecule has 0 saturated carbocycles. The fraction of sp³-hybridized carbons (Fsp3) is 0.444. The minimum Gasteiger partial charge on any atom is -0.504 e. The lowest BCUT2D eigenvalue weighted by Crippen LogP contribution is -2.42. The van der Waals surface area contributed by atoms with Crippen LogP contribution >= 0.6 is 0 Å². The minimum atomic E-state index is 0.110. The Hall–Kier alpha value is -2.54. The third-order valence-corrected chi connectivity index (χ3v) is 4.55. The standard InChI is InChI=1S/C18H24N4O3/c1-25-15-7-4-5-13(18(15)24)10-19-16-9-17(21-12-20-16)22-8-3-2-6-14(22)11-23/h4-5,7,9,12,14,23-24H,2-3,6,8,10-11H2,1H3,(H,19,20,21). The molecule has 1 aliphatic rings. The maximum atomic E-state index is 10.2. The van der Waals surface area contributed by atoms with Crippen molar-refractivity contribution in [3.05, 3.63) is 36.2 Å². The number of aromatic nitrogens is 2. The van der Waals surface area contributed by atoms with Gasteiger partial charge in [-0.05, 0) is 25.3 Å². The topological polar surface area (TPSA) is 90.7 Å². The van der Waals surface area contributed by atoms with Gasteiger partial charge in [0.15, 0.2) is 11.5 Å². The molecule has 7 heteroatoms. The van der Waals surface area contributed by atoms with Gasteiger partial charge >= 0.3 is 0 Å². The number of aromatic hydroxyl groups is 1. The maximum Gasteiger partial charge on any atom is 0.162 e. The maximum absolute atomic E-state index is 10.2. The number of hydrogen-bond acceptors (Lipinski definition) is 7. The highest BCUT2D eigenvalue weighted by Gasteiger charge is 2.23. The van der Waals surface area contributed by atoms with E-state index in [0.29, 0.717) is 18.1 Å². The van der Waals surface area contributed by atoms with Crippen molar-refractivity contribution >= 4 is 11.6 Å². The number of ether oxygens (including phenoxy) is 1. The second kappa shape index (κ2) is 8.02. The minimum absolute atomic E-state index is 0.110. The smallest absolute Gasteiger partial charge is 0.162 e. The van der Waals surface area contributed by atoms with Gasteiger partial charge in [-0.3, -0.25) is 0 Å². The summed E-state index contributed by atoms with van der Waals surface area (Å²) in [7, 11) is 1.53. The molecule has 1 unspecified atom stereocenters. The van der Waals surface area contributed by atoms with E-state index in [1.165, 1.54) is 13.4 Å². The monoisotopic (exact) mass is 344 g/mol. The van der Waals surface area contributed by atoms with Gasteiger partial charge in [-0.25, -0.2) is 9.97 Å². The van der Waals surface area contributed by atoms with E-state index in [0.717, 1.165) is 37.2 Å². The zero-order valence-corrected chi connectivity index (χ0v) is 14.4. The third kappa shape index (κ3) is 3.93. The zero-order valence-electron chi connectivity index (χ0n) is 14.4. The Morgan fingerprint density at radius 3 is 3.00 bits per heavy atom. The fourth-order valence-electron chi connectivity index (χ4n) is 3.15. The van der Waals surface area contributed by atoms with E-state index in [-0.39, 0.29) is 18.4 Å². The van der Waals surface area contributed by atoms with Crippen molar-refractivity contribution in [1.82, 2.24) is 9.97 Å². The molecule has 0 amide bonds. The lowest BCUT2D eigenvalue weighted by molar-refractivity contribution is 0.239. The highest BCUT2D eigenvalue weighted by atomic mass is 16.5. The van der Waals surface area contributed by atoms with E-state index in [1.54, 1.807) is 6.07 Å². The van der Waals surface area contributed by atoms with Crippen LogP contribution in [0.4, 0.5) is 11.6 Å². The Morgan fingerprint density at radius 2 is 2.20 bits per heavy atom. The molecule has 1 aliphatic heterocycles. The van der Waals surface area contributed by atoms with Crippen LogP contribution in [0.5, 0.6) is 11.5 Å². The molecule has 7 nitrogen and oxygen atoms in total. The summed E-state index contributed by atoms with van der Waals surface area (Å²) in [6, 6.07) is 7.37. The predicted octanol–water partition coefficient (Wildman–Crippen LogP) is 2.15. The number of nitrogens with one attached hydrogen (secondary N) is 1. The Labute approximate surface area is 147 Å². The molecular weight excluding hydrogens is 320 g/mol. The van der Waals surface area contributed by atoms with E-state index < -0.39 is 0 Å². The summed E-state index contributed by atoms with van der Waals surface area (Å²) in [4.78, 5) is 10.7. The molecule has 2 heterocycles. The highest BCUT2D eigenvalue weighted by molar-refractivity contribution is 5.51. The lowest BCUT2D eigenvalue weighted by Gasteiger charge is -2.35. The van der Waals surface area contributed by atoms with Crippen LogP contribution in [0.3, 0.4) is 0 Å². The number of methoxy groups -OCH3 is 1. The zero-order chi connectivity index (χ0) is 17.6. The molecule has 3 rings (SSSR count). The number of aliphatic hydroxyl groups excluding tert-OH is 1. The van der Waals surface area contributed by atoms with E-state index in [1.807, 2.05) is 18.2 Å². The first kappa shape index (κ1) is 17.3. The Balaban J connectivity index is 1.72. The molecule has 1 fully saturated rings. The number of rotatable bonds is 6. The molecule has 0 bridgehead atoms. The van der Waals surface area contributed by atoms with Crippen LogP contribution < -0.4 is 15.0 Å². The van der Waals surface area contributed by atoms with Gasteiger partial charge in [-0.2, -0.15) is 0 Å². The number of phenols is 1. The van der Waals surface area contributed by atoms with Crippen molar-refractivity contribution in [2.75, 3.05) is 30.5 Å². The molecule has 0 spiro atoms. The quantitative estimate of drug-likeness (QED) is 0.739. The van der Waals surface area contributed by atoms with Gasteiger partial charge in [-0.15, -0.1) is 0 Å². The normalized spacial score (nSPS) is 17.4. The number of benzene rings is 1. The Kier molecular flexibility index (Phi) is 5.55. The molecule has 134 valence electrons. The SMILES string of the molecule is COc1cccc(CNc2cc(N3CCCCC3CO)ncn2)c1O. The molecule has 1 aromatic heterocycles. The third-order valence-electron chi connectivity index (χ3n) is 4.55. The molecule has 0 aliphatic carbocycles. The van der Waals surface area contributed by atoms with E-state index in [2.05, 4.69) is 20.2 Å². The van der Waals surface area contributed by atoms with Gasteiger partial charge in [0.05, 0.1) is 19.8 Å². The first-order valence-corrected chi connectivity index (χ1v) is 8.51. The van der Waals surface area contributed by atoms with Gasteiger partial charge in [0.1, 0.15) is 18.0 Å². The van der Waals surface area contributed by atoms with Crippen molar-refractivity contribution in [3.63, 3.8) is 0 Å². The molecule has 1 saturated heterocycles. The van der Waals surface area contributed by atoms with Crippen molar-refractivity contribution in [2.24, 2.45) is 0 Å². The number of hydrogen-bond donors (Lipinski definition) is 3. The average Bonchev–Trinajstić information content (AvgIpc) is 2.67. The molecule has 2 aromatic rings. The van der Waals surface area contributed by atoms with Crippen molar-refractivity contribution < 1.29 is 14.9 Å². The number of anilines is 2. The molecule has 25 heavy (non-hydrogen) atoms. The largest absolute Gasteiger partial charge is 0.504 e. The van der Waals surface area contributed by atoms with E-state index in [9.17, 15) is 10.2 Å². The summed E-state index contributed by atoms with van der Waals surface area (Å²) >= 11 is 0. The van der Waals surface area contributed by atoms with Crippen LogP contribution in [0, 0.1) is 0 Å². The summed E-state index contributed by atoms with van der Waals surface area (Å²) in [6.07, 6.45) is 4.72. The van der Waals surface area contributed by atoms with Crippen LogP contribution in [0.25, 0.3) is 0 Å². The first-order chi connectivity index (χ1) is 12.2. The van der Waals surface area contributed by atoms with Gasteiger partial charge in [0.2, 0.25) is 0 Å². The summed E-state index contributed by atoms with van der Waals surface area (Å²) in [5.41, 5.74) is 0.728. The number of nitrogens with zero attached hydrogens (tertiary/aromatic N) is 3. The molecular formula is C18H24N4O3. The van der Waals surface area contributed by atoms with Crippen LogP contribution in [-0.4, -0.2) is 46.5 Å². The van der Waals surface area contributed by atoms with Gasteiger partial charge < -0.3 is 25.2 Å². The molecule has 0 radical (unpaired) electrons. The number of para-hydroxylation sites is 1. The summed E-state index contributed by atoms with van der Waals surface area (Å²) in [6.45, 7) is 1.44. The number of aliphatic hydroxyl groups is 1. The van der Waals surface area contributed by atoms with Gasteiger partial charge in [-0.1, -0.05) is 12.1 Å². The first-order valence-electron chi connectivity index (χ1n) is 8.51. The molecule has 3 N–H and O–H groups in total. The van der Waals surface area contributed by atoms with Crippen LogP contribution in [0.15, 0.2) is 30.6 Å². The lowest BCUT2D eigenvalue weighted by atomic mass is 10.0. The highest BCUT2D eigenvalue weighted by Crippen LogP contribution is 2.30. The van der Waals surface area contributed by atoms with E-state index in [4.69, 9.17) is 4.74 Å². The number of phenolic OH excluding ortho intramolecular Hbond substituents is 1. The van der Waals surface area contributed by atoms with Crippen LogP contribution in [0.1, 0.15) is 24.8 Å². The Bertz CT molecular complexity index is 710. The molecule has 1 aromatic carbocycles. The molecule has 1 atom stereocenters. The average molecular weight is 344 g/mol. The van der Waals surface area contributed by atoms with Crippen molar-refractivity contribution in [3.8, 4) is 11.5 Å². The number of piperidine rings is 1. The fourth-order valence-corrected chi connectivity index (χ4v) is 3.15. The van der Waals surface area contributed by atoms with Crippen LogP contribution in [0.2, 0.25) is 0 Å². The summed E-state index contributed by atoms with van der Waals surface area (Å²) < 4.78 is 5.13. The predicted molar refractivity (Wildman–Crippen MR) is 96.1 cm³/mol. The Morgan fingerprint density at radius 1 is 1.32 bits per heavy atom. The second-order valence-electron chi connectivity index (χ2n) is 6.11. The van der Waals surface area contributed by atoms with Crippen molar-refractivity contribution in [2.45, 2.75) is 31.8 Å². The van der Waals surface area contributed by atoms with E-state index >= 15 is 0 Å². The van der Waals surface area contributed by atoms with Crippen molar-refractivity contribution in [1.29, 1.82) is 0 Å². The van der Waals surface area contributed by atoms with Gasteiger partial charge in [0.25, 0.3) is 0 Å².